The van der Waals surface area contributed by atoms with Crippen molar-refractivity contribution in [3.05, 3.63) is 24.3 Å². The second-order valence-electron chi connectivity index (χ2n) is 7.64. The third-order valence-corrected chi connectivity index (χ3v) is 5.30. The summed E-state index contributed by atoms with van der Waals surface area (Å²) in [6.07, 6.45) is 0.865. The van der Waals surface area contributed by atoms with Crippen LogP contribution in [-0.2, 0) is 9.59 Å². The molecule has 0 aromatic heterocycles. The Hall–Kier alpha value is -2.77. The Morgan fingerprint density at radius 1 is 1.21 bits per heavy atom. The van der Waals surface area contributed by atoms with Gasteiger partial charge in [-0.3, -0.25) is 14.9 Å². The second kappa shape index (κ2) is 8.08. The van der Waals surface area contributed by atoms with Crippen LogP contribution in [0.1, 0.15) is 26.7 Å². The first-order valence-corrected chi connectivity index (χ1v) is 9.53. The number of imide groups is 1. The fourth-order valence-electron chi connectivity index (χ4n) is 3.77. The fourth-order valence-corrected chi connectivity index (χ4v) is 3.77. The highest BCUT2D eigenvalue weighted by atomic mass is 16.5. The Bertz CT molecular complexity index is 756. The van der Waals surface area contributed by atoms with Crippen molar-refractivity contribution in [1.29, 1.82) is 0 Å². The lowest BCUT2D eigenvalue weighted by Gasteiger charge is -2.42. The average Bonchev–Trinajstić information content (AvgIpc) is 2.90. The average molecular weight is 389 g/mol. The summed E-state index contributed by atoms with van der Waals surface area (Å²) in [6.45, 7) is 5.29. The number of rotatable bonds is 6. The number of likely N-dealkylation sites (tertiary alicyclic amines) is 1. The van der Waals surface area contributed by atoms with Gasteiger partial charge in [-0.1, -0.05) is 19.9 Å². The molecule has 2 aliphatic heterocycles. The highest BCUT2D eigenvalue weighted by molar-refractivity contribution is 6.07. The molecule has 0 bridgehead atoms. The van der Waals surface area contributed by atoms with Crippen LogP contribution in [0.2, 0.25) is 0 Å². The fraction of sp³-hybridized carbons (Fsp3) is 0.550. The molecular formula is C20H27N3O5. The zero-order valence-corrected chi connectivity index (χ0v) is 16.6. The first kappa shape index (κ1) is 20.0. The topological polar surface area (TPSA) is 88.2 Å². The quantitative estimate of drug-likeness (QED) is 0.748. The van der Waals surface area contributed by atoms with E-state index in [0.717, 1.165) is 0 Å². The van der Waals surface area contributed by atoms with Crippen LogP contribution in [0.5, 0.6) is 11.5 Å². The third-order valence-electron chi connectivity index (χ3n) is 5.30. The summed E-state index contributed by atoms with van der Waals surface area (Å²) in [4.78, 5) is 40.6. The Morgan fingerprint density at radius 2 is 1.89 bits per heavy atom. The van der Waals surface area contributed by atoms with Gasteiger partial charge in [-0.15, -0.1) is 0 Å². The molecule has 4 amide bonds. The van der Waals surface area contributed by atoms with Crippen molar-refractivity contribution in [1.82, 2.24) is 15.1 Å². The van der Waals surface area contributed by atoms with Crippen LogP contribution in [0.25, 0.3) is 0 Å². The molecule has 1 N–H and O–H groups in total. The molecule has 2 aliphatic rings. The summed E-state index contributed by atoms with van der Waals surface area (Å²) in [6, 6.07) is 6.74. The van der Waals surface area contributed by atoms with E-state index in [1.54, 1.807) is 41.2 Å². The molecule has 2 saturated heterocycles. The molecule has 2 fully saturated rings. The van der Waals surface area contributed by atoms with Gasteiger partial charge in [0.2, 0.25) is 0 Å². The van der Waals surface area contributed by atoms with Crippen molar-refractivity contribution in [3.63, 3.8) is 0 Å². The molecule has 8 nitrogen and oxygen atoms in total. The normalized spacial score (nSPS) is 18.6. The van der Waals surface area contributed by atoms with E-state index in [2.05, 4.69) is 5.32 Å². The number of methoxy groups -OCH3 is 1. The highest BCUT2D eigenvalue weighted by Gasteiger charge is 2.54. The highest BCUT2D eigenvalue weighted by Crippen LogP contribution is 2.34. The molecule has 1 aromatic carbocycles. The Kier molecular flexibility index (Phi) is 5.76. The third kappa shape index (κ3) is 3.90. The van der Waals surface area contributed by atoms with E-state index in [1.807, 2.05) is 13.8 Å². The smallest absolute Gasteiger partial charge is 0.325 e. The SMILES string of the molecule is COc1cccc(OCC(=O)N2CCC3(CC2)C(=O)NC(=O)N3CC(C)C)c1. The van der Waals surface area contributed by atoms with E-state index in [-0.39, 0.29) is 30.4 Å². The van der Waals surface area contributed by atoms with E-state index < -0.39 is 5.54 Å². The van der Waals surface area contributed by atoms with Gasteiger partial charge in [0.1, 0.15) is 17.0 Å². The number of ether oxygens (including phenoxy) is 2. The van der Waals surface area contributed by atoms with Crippen molar-refractivity contribution in [3.8, 4) is 11.5 Å². The summed E-state index contributed by atoms with van der Waals surface area (Å²) < 4.78 is 10.7. The first-order valence-electron chi connectivity index (χ1n) is 9.53. The Morgan fingerprint density at radius 3 is 2.54 bits per heavy atom. The van der Waals surface area contributed by atoms with Crippen LogP contribution >= 0.6 is 0 Å². The van der Waals surface area contributed by atoms with Crippen molar-refractivity contribution in [2.45, 2.75) is 32.2 Å². The van der Waals surface area contributed by atoms with Gasteiger partial charge in [-0.2, -0.15) is 0 Å². The monoisotopic (exact) mass is 389 g/mol. The van der Waals surface area contributed by atoms with Gasteiger partial charge in [0.15, 0.2) is 6.61 Å². The van der Waals surface area contributed by atoms with Crippen molar-refractivity contribution in [2.75, 3.05) is 33.4 Å². The van der Waals surface area contributed by atoms with Crippen molar-refractivity contribution >= 4 is 17.8 Å². The van der Waals surface area contributed by atoms with Crippen LogP contribution in [-0.4, -0.2) is 66.5 Å². The van der Waals surface area contributed by atoms with Gasteiger partial charge >= 0.3 is 6.03 Å². The maximum absolute atomic E-state index is 12.5. The number of urea groups is 1. The van der Waals surface area contributed by atoms with Gasteiger partial charge in [-0.25, -0.2) is 4.79 Å². The number of hydrogen-bond acceptors (Lipinski definition) is 5. The Labute approximate surface area is 164 Å². The number of nitrogens with zero attached hydrogens (tertiary/aromatic N) is 2. The predicted molar refractivity (Wildman–Crippen MR) is 102 cm³/mol. The zero-order valence-electron chi connectivity index (χ0n) is 16.6. The number of carbonyl (C=O) groups is 3. The molecule has 1 aromatic rings. The predicted octanol–water partition coefficient (Wildman–Crippen LogP) is 1.64. The lowest BCUT2D eigenvalue weighted by Crippen LogP contribution is -2.58. The molecule has 2 heterocycles. The van der Waals surface area contributed by atoms with E-state index in [4.69, 9.17) is 9.47 Å². The number of nitrogens with one attached hydrogen (secondary N) is 1. The maximum atomic E-state index is 12.5. The number of carbonyl (C=O) groups excluding carboxylic acids is 3. The molecular weight excluding hydrogens is 362 g/mol. The molecule has 3 rings (SSSR count). The summed E-state index contributed by atoms with van der Waals surface area (Å²) in [5.74, 6) is 1.08. The number of benzene rings is 1. The maximum Gasteiger partial charge on any atom is 0.325 e. The van der Waals surface area contributed by atoms with Crippen LogP contribution in [0.15, 0.2) is 24.3 Å². The lowest BCUT2D eigenvalue weighted by molar-refractivity contribution is -0.139. The molecule has 0 unspecified atom stereocenters. The summed E-state index contributed by atoms with van der Waals surface area (Å²) in [5, 5.41) is 2.44. The van der Waals surface area contributed by atoms with Crippen LogP contribution in [0, 0.1) is 5.92 Å². The van der Waals surface area contributed by atoms with Gasteiger partial charge in [-0.05, 0) is 30.9 Å². The largest absolute Gasteiger partial charge is 0.497 e. The molecule has 152 valence electrons. The number of hydrogen-bond donors (Lipinski definition) is 1. The Balaban J connectivity index is 1.58. The van der Waals surface area contributed by atoms with Gasteiger partial charge in [0.05, 0.1) is 7.11 Å². The number of piperidine rings is 1. The van der Waals surface area contributed by atoms with Crippen LogP contribution in [0.4, 0.5) is 4.79 Å². The van der Waals surface area contributed by atoms with Crippen molar-refractivity contribution < 1.29 is 23.9 Å². The van der Waals surface area contributed by atoms with Crippen LogP contribution in [0.3, 0.4) is 0 Å². The molecule has 1 spiro atoms. The summed E-state index contributed by atoms with van der Waals surface area (Å²) in [5.41, 5.74) is -0.841. The van der Waals surface area contributed by atoms with Gasteiger partial charge in [0, 0.05) is 25.7 Å². The zero-order chi connectivity index (χ0) is 20.3. The molecule has 0 atom stereocenters. The van der Waals surface area contributed by atoms with E-state index in [0.29, 0.717) is 44.0 Å². The molecule has 0 aliphatic carbocycles. The number of amides is 4. The van der Waals surface area contributed by atoms with Gasteiger partial charge in [0.25, 0.3) is 11.8 Å². The first-order chi connectivity index (χ1) is 13.4. The minimum Gasteiger partial charge on any atom is -0.497 e. The van der Waals surface area contributed by atoms with E-state index >= 15 is 0 Å². The van der Waals surface area contributed by atoms with Gasteiger partial charge < -0.3 is 19.3 Å². The minimum atomic E-state index is -0.841. The summed E-state index contributed by atoms with van der Waals surface area (Å²) >= 11 is 0. The van der Waals surface area contributed by atoms with E-state index in [9.17, 15) is 14.4 Å². The lowest BCUT2D eigenvalue weighted by atomic mass is 9.85. The van der Waals surface area contributed by atoms with Crippen molar-refractivity contribution in [2.24, 2.45) is 5.92 Å². The molecule has 8 heteroatoms. The molecule has 0 radical (unpaired) electrons. The minimum absolute atomic E-state index is 0.0823. The standard InChI is InChI=1S/C20H27N3O5/c1-14(2)12-23-19(26)21-18(25)20(23)7-9-22(10-8-20)17(24)13-28-16-6-4-5-15(11-16)27-3/h4-6,11,14H,7-10,12-13H2,1-3H3,(H,21,25,26). The van der Waals surface area contributed by atoms with Crippen LogP contribution < -0.4 is 14.8 Å². The summed E-state index contributed by atoms with van der Waals surface area (Å²) in [7, 11) is 1.57. The second-order valence-corrected chi connectivity index (χ2v) is 7.64. The molecule has 28 heavy (non-hydrogen) atoms. The van der Waals surface area contributed by atoms with E-state index in [1.165, 1.54) is 0 Å². The molecule has 0 saturated carbocycles.